The molecular weight excluding hydrogens is 316 g/mol. The summed E-state index contributed by atoms with van der Waals surface area (Å²) in [5, 5.41) is 5.93. The number of rotatable bonds is 2. The fourth-order valence-corrected chi connectivity index (χ4v) is 3.03. The fourth-order valence-electron chi connectivity index (χ4n) is 2.50. The van der Waals surface area contributed by atoms with E-state index in [1.165, 1.54) is 11.3 Å². The predicted molar refractivity (Wildman–Crippen MR) is 85.2 cm³/mol. The van der Waals surface area contributed by atoms with Gasteiger partial charge in [-0.25, -0.2) is 9.78 Å². The third kappa shape index (κ3) is 3.87. The van der Waals surface area contributed by atoms with Gasteiger partial charge in [-0.05, 0) is 33.6 Å². The molecule has 1 fully saturated rings. The van der Waals surface area contributed by atoms with Crippen molar-refractivity contribution in [1.82, 2.24) is 20.0 Å². The molecule has 0 bridgehead atoms. The first-order valence-electron chi connectivity index (χ1n) is 7.62. The van der Waals surface area contributed by atoms with Crippen LogP contribution in [-0.2, 0) is 4.74 Å². The standard InChI is InChI=1S/C15H20N4O3S/c1-15(2,3)21-14(20)19-6-4-5-10(7-19)12-17-13(22-18-12)11-8-23-9-16-11/h8-10H,4-7H2,1-3H3. The molecule has 8 heteroatoms. The van der Waals surface area contributed by atoms with Crippen molar-refractivity contribution in [2.75, 3.05) is 13.1 Å². The average Bonchev–Trinajstić information content (AvgIpc) is 3.17. The molecule has 3 heterocycles. The predicted octanol–water partition coefficient (Wildman–Crippen LogP) is 3.31. The number of thiazole rings is 1. The zero-order valence-electron chi connectivity index (χ0n) is 13.5. The van der Waals surface area contributed by atoms with Gasteiger partial charge >= 0.3 is 6.09 Å². The number of piperidine rings is 1. The van der Waals surface area contributed by atoms with Gasteiger partial charge in [-0.2, -0.15) is 4.98 Å². The first-order chi connectivity index (χ1) is 10.9. The van der Waals surface area contributed by atoms with Crippen molar-refractivity contribution in [1.29, 1.82) is 0 Å². The molecule has 7 nitrogen and oxygen atoms in total. The summed E-state index contributed by atoms with van der Waals surface area (Å²) in [6.45, 7) is 6.84. The van der Waals surface area contributed by atoms with Crippen LogP contribution in [0.25, 0.3) is 11.6 Å². The fraction of sp³-hybridized carbons (Fsp3) is 0.600. The third-order valence-corrected chi connectivity index (χ3v) is 4.12. The Kier molecular flexibility index (Phi) is 4.34. The number of hydrogen-bond donors (Lipinski definition) is 0. The first-order valence-corrected chi connectivity index (χ1v) is 8.57. The Morgan fingerprint density at radius 2 is 2.30 bits per heavy atom. The Morgan fingerprint density at radius 1 is 1.48 bits per heavy atom. The molecule has 0 saturated carbocycles. The Balaban J connectivity index is 1.68. The largest absolute Gasteiger partial charge is 0.444 e. The van der Waals surface area contributed by atoms with E-state index in [9.17, 15) is 4.79 Å². The molecule has 1 amide bonds. The molecule has 0 aromatic carbocycles. The van der Waals surface area contributed by atoms with E-state index in [0.717, 1.165) is 12.8 Å². The van der Waals surface area contributed by atoms with Gasteiger partial charge in [-0.15, -0.1) is 11.3 Å². The second kappa shape index (κ2) is 6.27. The Labute approximate surface area is 138 Å². The lowest BCUT2D eigenvalue weighted by Crippen LogP contribution is -2.42. The SMILES string of the molecule is CC(C)(C)OC(=O)N1CCCC(c2noc(-c3cscn3)n2)C1. The summed E-state index contributed by atoms with van der Waals surface area (Å²) >= 11 is 1.48. The molecule has 124 valence electrons. The van der Waals surface area contributed by atoms with E-state index in [1.54, 1.807) is 10.4 Å². The number of aromatic nitrogens is 3. The first kappa shape index (κ1) is 15.9. The van der Waals surface area contributed by atoms with Gasteiger partial charge in [-0.1, -0.05) is 5.16 Å². The summed E-state index contributed by atoms with van der Waals surface area (Å²) in [5.41, 5.74) is 1.92. The second-order valence-corrected chi connectivity index (χ2v) is 7.32. The minimum Gasteiger partial charge on any atom is -0.444 e. The lowest BCUT2D eigenvalue weighted by Gasteiger charge is -2.32. The van der Waals surface area contributed by atoms with E-state index in [1.807, 2.05) is 26.2 Å². The normalized spacial score (nSPS) is 18.9. The van der Waals surface area contributed by atoms with Crippen molar-refractivity contribution in [2.24, 2.45) is 0 Å². The van der Waals surface area contributed by atoms with Gasteiger partial charge in [0.05, 0.1) is 5.51 Å². The number of carbonyl (C=O) groups excluding carboxylic acids is 1. The van der Waals surface area contributed by atoms with Crippen LogP contribution in [0.15, 0.2) is 15.4 Å². The lowest BCUT2D eigenvalue weighted by atomic mass is 9.98. The molecule has 2 aromatic rings. The molecule has 1 atom stereocenters. The molecule has 2 aromatic heterocycles. The van der Waals surface area contributed by atoms with Crippen LogP contribution < -0.4 is 0 Å². The highest BCUT2D eigenvalue weighted by Gasteiger charge is 2.30. The number of hydrogen-bond acceptors (Lipinski definition) is 7. The van der Waals surface area contributed by atoms with E-state index in [2.05, 4.69) is 15.1 Å². The van der Waals surface area contributed by atoms with Crippen molar-refractivity contribution < 1.29 is 14.1 Å². The van der Waals surface area contributed by atoms with E-state index in [4.69, 9.17) is 9.26 Å². The summed E-state index contributed by atoms with van der Waals surface area (Å²) in [4.78, 5) is 22.5. The molecule has 0 spiro atoms. The molecule has 1 saturated heterocycles. The molecular formula is C15H20N4O3S. The summed E-state index contributed by atoms with van der Waals surface area (Å²) in [6.07, 6.45) is 1.53. The number of carbonyl (C=O) groups is 1. The minimum absolute atomic E-state index is 0.0624. The van der Waals surface area contributed by atoms with Crippen molar-refractivity contribution in [3.63, 3.8) is 0 Å². The molecule has 3 rings (SSSR count). The average molecular weight is 336 g/mol. The van der Waals surface area contributed by atoms with Crippen molar-refractivity contribution in [3.8, 4) is 11.6 Å². The molecule has 1 aliphatic rings. The molecule has 0 aliphatic carbocycles. The monoisotopic (exact) mass is 336 g/mol. The van der Waals surface area contributed by atoms with Crippen LogP contribution in [0.2, 0.25) is 0 Å². The van der Waals surface area contributed by atoms with Crippen LogP contribution in [0.5, 0.6) is 0 Å². The maximum Gasteiger partial charge on any atom is 0.410 e. The summed E-state index contributed by atoms with van der Waals surface area (Å²) < 4.78 is 10.7. The molecule has 1 aliphatic heterocycles. The Bertz CT molecular complexity index is 663. The van der Waals surface area contributed by atoms with Crippen molar-refractivity contribution in [2.45, 2.75) is 45.1 Å². The summed E-state index contributed by atoms with van der Waals surface area (Å²) in [5.74, 6) is 1.12. The van der Waals surface area contributed by atoms with E-state index < -0.39 is 5.60 Å². The zero-order chi connectivity index (χ0) is 16.4. The van der Waals surface area contributed by atoms with E-state index in [0.29, 0.717) is 30.5 Å². The quantitative estimate of drug-likeness (QED) is 0.837. The second-order valence-electron chi connectivity index (χ2n) is 6.60. The number of ether oxygens (including phenoxy) is 1. The van der Waals surface area contributed by atoms with Gasteiger partial charge in [0.1, 0.15) is 11.3 Å². The molecule has 0 N–H and O–H groups in total. The number of likely N-dealkylation sites (tertiary alicyclic amines) is 1. The third-order valence-electron chi connectivity index (χ3n) is 3.53. The van der Waals surface area contributed by atoms with E-state index >= 15 is 0 Å². The van der Waals surface area contributed by atoms with Gasteiger partial charge < -0.3 is 14.2 Å². The maximum atomic E-state index is 12.2. The van der Waals surface area contributed by atoms with Crippen LogP contribution in [0, 0.1) is 0 Å². The maximum absolute atomic E-state index is 12.2. The van der Waals surface area contributed by atoms with Crippen LogP contribution in [0.1, 0.15) is 45.4 Å². The minimum atomic E-state index is -0.492. The number of nitrogens with zero attached hydrogens (tertiary/aromatic N) is 4. The lowest BCUT2D eigenvalue weighted by molar-refractivity contribution is 0.0195. The van der Waals surface area contributed by atoms with Crippen LogP contribution >= 0.6 is 11.3 Å². The molecule has 23 heavy (non-hydrogen) atoms. The van der Waals surface area contributed by atoms with Crippen LogP contribution in [0.3, 0.4) is 0 Å². The topological polar surface area (TPSA) is 81.4 Å². The van der Waals surface area contributed by atoms with Crippen LogP contribution in [-0.4, -0.2) is 44.8 Å². The summed E-state index contributed by atoms with van der Waals surface area (Å²) in [7, 11) is 0. The molecule has 0 radical (unpaired) electrons. The Hall–Kier alpha value is -1.96. The molecule has 1 unspecified atom stereocenters. The Morgan fingerprint density at radius 3 is 3.00 bits per heavy atom. The number of amides is 1. The smallest absolute Gasteiger partial charge is 0.410 e. The van der Waals surface area contributed by atoms with Gasteiger partial charge in [0, 0.05) is 24.4 Å². The van der Waals surface area contributed by atoms with Gasteiger partial charge in [0.25, 0.3) is 5.89 Å². The van der Waals surface area contributed by atoms with Crippen molar-refractivity contribution >= 4 is 17.4 Å². The van der Waals surface area contributed by atoms with E-state index in [-0.39, 0.29) is 12.0 Å². The summed E-state index contributed by atoms with van der Waals surface area (Å²) in [6, 6.07) is 0. The van der Waals surface area contributed by atoms with Gasteiger partial charge in [-0.3, -0.25) is 0 Å². The van der Waals surface area contributed by atoms with Gasteiger partial charge in [0.2, 0.25) is 0 Å². The van der Waals surface area contributed by atoms with Crippen molar-refractivity contribution in [3.05, 3.63) is 16.7 Å². The van der Waals surface area contributed by atoms with Crippen LogP contribution in [0.4, 0.5) is 4.79 Å². The highest BCUT2D eigenvalue weighted by atomic mass is 32.1. The highest BCUT2D eigenvalue weighted by Crippen LogP contribution is 2.27. The van der Waals surface area contributed by atoms with Gasteiger partial charge in [0.15, 0.2) is 5.82 Å². The zero-order valence-corrected chi connectivity index (χ0v) is 14.3. The highest BCUT2D eigenvalue weighted by molar-refractivity contribution is 7.07.